The molecule has 0 spiro atoms. The van der Waals surface area contributed by atoms with E-state index in [1.54, 1.807) is 0 Å². The van der Waals surface area contributed by atoms with Gasteiger partial charge in [-0.05, 0) is 42.5 Å². The van der Waals surface area contributed by atoms with Gasteiger partial charge in [0.2, 0.25) is 5.91 Å². The summed E-state index contributed by atoms with van der Waals surface area (Å²) in [7, 11) is 0. The van der Waals surface area contributed by atoms with Crippen molar-refractivity contribution in [3.05, 3.63) is 28.2 Å². The Bertz CT molecular complexity index is 650. The van der Waals surface area contributed by atoms with Crippen LogP contribution >= 0.6 is 15.9 Å². The minimum absolute atomic E-state index is 0.0893. The van der Waals surface area contributed by atoms with Gasteiger partial charge in [0, 0.05) is 28.5 Å². The van der Waals surface area contributed by atoms with Crippen molar-refractivity contribution < 1.29 is 4.79 Å². The largest absolute Gasteiger partial charge is 0.311 e. The van der Waals surface area contributed by atoms with Crippen LogP contribution in [0.2, 0.25) is 0 Å². The van der Waals surface area contributed by atoms with Gasteiger partial charge in [-0.1, -0.05) is 94.0 Å². The number of benzene rings is 1. The van der Waals surface area contributed by atoms with Crippen LogP contribution < -0.4 is 4.90 Å². The Morgan fingerprint density at radius 3 is 2.54 bits per heavy atom. The lowest BCUT2D eigenvalue weighted by atomic mass is 9.75. The minimum atomic E-state index is 0.0893. The summed E-state index contributed by atoms with van der Waals surface area (Å²) in [4.78, 5) is 15.2. The Morgan fingerprint density at radius 1 is 1.11 bits per heavy atom. The molecule has 1 aliphatic heterocycles. The van der Waals surface area contributed by atoms with E-state index in [1.165, 1.54) is 76.2 Å². The van der Waals surface area contributed by atoms with Gasteiger partial charge in [0.1, 0.15) is 0 Å². The zero-order valence-corrected chi connectivity index (χ0v) is 19.5. The molecule has 3 rings (SSSR count). The molecule has 0 radical (unpaired) electrons. The molecule has 28 heavy (non-hydrogen) atoms. The summed E-state index contributed by atoms with van der Waals surface area (Å²) in [6.45, 7) is 5.50. The lowest BCUT2D eigenvalue weighted by Gasteiger charge is -2.30. The fraction of sp³-hybridized carbons (Fsp3) is 0.720. The molecule has 2 nitrogen and oxygen atoms in total. The maximum Gasteiger partial charge on any atom is 0.227 e. The summed E-state index contributed by atoms with van der Waals surface area (Å²) in [5.41, 5.74) is 2.63. The summed E-state index contributed by atoms with van der Waals surface area (Å²) in [5.74, 6) is 1.13. The second kappa shape index (κ2) is 10.3. The van der Waals surface area contributed by atoms with E-state index in [0.717, 1.165) is 29.0 Å². The molecule has 1 amide bonds. The highest BCUT2D eigenvalue weighted by atomic mass is 79.9. The highest BCUT2D eigenvalue weighted by molar-refractivity contribution is 9.10. The summed E-state index contributed by atoms with van der Waals surface area (Å²) in [5, 5.41) is 0. The minimum Gasteiger partial charge on any atom is -0.311 e. The van der Waals surface area contributed by atoms with Gasteiger partial charge in [-0.2, -0.15) is 0 Å². The van der Waals surface area contributed by atoms with Crippen LogP contribution in [-0.2, 0) is 10.2 Å². The molecule has 2 aliphatic rings. The van der Waals surface area contributed by atoms with Crippen molar-refractivity contribution in [2.75, 3.05) is 11.4 Å². The van der Waals surface area contributed by atoms with Crippen LogP contribution in [0.4, 0.5) is 5.69 Å². The molecule has 1 heterocycles. The highest BCUT2D eigenvalue weighted by Gasteiger charge is 2.42. The second-order valence-electron chi connectivity index (χ2n) is 9.43. The average molecular weight is 448 g/mol. The number of rotatable bonds is 8. The number of carbonyl (C=O) groups is 1. The zero-order valence-electron chi connectivity index (χ0n) is 17.9. The number of hydrogen-bond donors (Lipinski definition) is 0. The van der Waals surface area contributed by atoms with Gasteiger partial charge in [-0.25, -0.2) is 0 Å². The highest BCUT2D eigenvalue weighted by Crippen LogP contribution is 2.47. The second-order valence-corrected chi connectivity index (χ2v) is 10.3. The standard InChI is InChI=1S/C25H38BrNO/c1-3-4-5-6-11-14-24(28)27-19-25(2,18-20-12-9-7-8-10-13-20)22-17-21(26)15-16-23(22)27/h15-17,20H,3-14,18-19H2,1-2H3. The van der Waals surface area contributed by atoms with Gasteiger partial charge in [0.15, 0.2) is 0 Å². The van der Waals surface area contributed by atoms with E-state index < -0.39 is 0 Å². The molecule has 1 aliphatic carbocycles. The van der Waals surface area contributed by atoms with E-state index in [9.17, 15) is 4.79 Å². The zero-order chi connectivity index (χ0) is 20.0. The van der Waals surface area contributed by atoms with Crippen LogP contribution in [-0.4, -0.2) is 12.5 Å². The predicted octanol–water partition coefficient (Wildman–Crippen LogP) is 7.77. The van der Waals surface area contributed by atoms with Gasteiger partial charge >= 0.3 is 0 Å². The number of amides is 1. The Kier molecular flexibility index (Phi) is 8.02. The molecular weight excluding hydrogens is 410 g/mol. The number of fused-ring (bicyclic) bond motifs is 1. The third kappa shape index (κ3) is 5.40. The van der Waals surface area contributed by atoms with Crippen LogP contribution in [0.5, 0.6) is 0 Å². The normalized spacial score (nSPS) is 22.9. The Balaban J connectivity index is 1.71. The number of carbonyl (C=O) groups excluding carboxylic acids is 1. The molecule has 0 saturated heterocycles. The Labute approximate surface area is 180 Å². The Hall–Kier alpha value is -0.830. The first-order chi connectivity index (χ1) is 13.5. The van der Waals surface area contributed by atoms with Crippen molar-refractivity contribution in [1.82, 2.24) is 0 Å². The molecule has 1 unspecified atom stereocenters. The lowest BCUT2D eigenvalue weighted by Crippen LogP contribution is -2.36. The van der Waals surface area contributed by atoms with E-state index in [2.05, 4.69) is 52.9 Å². The number of nitrogens with zero attached hydrogens (tertiary/aromatic N) is 1. The molecule has 1 atom stereocenters. The summed E-state index contributed by atoms with van der Waals surface area (Å²) >= 11 is 3.67. The van der Waals surface area contributed by atoms with Crippen molar-refractivity contribution in [2.45, 2.75) is 103 Å². The number of hydrogen-bond acceptors (Lipinski definition) is 1. The van der Waals surface area contributed by atoms with Crippen LogP contribution in [0.3, 0.4) is 0 Å². The predicted molar refractivity (Wildman–Crippen MR) is 123 cm³/mol. The van der Waals surface area contributed by atoms with Crippen molar-refractivity contribution in [3.63, 3.8) is 0 Å². The average Bonchev–Trinajstić information content (AvgIpc) is 2.82. The lowest BCUT2D eigenvalue weighted by molar-refractivity contribution is -0.118. The monoisotopic (exact) mass is 447 g/mol. The maximum absolute atomic E-state index is 13.1. The fourth-order valence-electron chi connectivity index (χ4n) is 5.36. The molecule has 1 aromatic rings. The van der Waals surface area contributed by atoms with E-state index in [0.29, 0.717) is 12.3 Å². The van der Waals surface area contributed by atoms with Gasteiger partial charge in [-0.15, -0.1) is 0 Å². The van der Waals surface area contributed by atoms with Gasteiger partial charge < -0.3 is 4.90 Å². The van der Waals surface area contributed by atoms with Gasteiger partial charge in [0.25, 0.3) is 0 Å². The van der Waals surface area contributed by atoms with Crippen LogP contribution in [0.1, 0.15) is 103 Å². The topological polar surface area (TPSA) is 20.3 Å². The van der Waals surface area contributed by atoms with Crippen molar-refractivity contribution in [2.24, 2.45) is 5.92 Å². The summed E-state index contributed by atoms with van der Waals surface area (Å²) < 4.78 is 1.13. The van der Waals surface area contributed by atoms with E-state index in [-0.39, 0.29) is 5.41 Å². The first-order valence-corrected chi connectivity index (χ1v) is 12.4. The molecule has 0 N–H and O–H groups in total. The molecular formula is C25H38BrNO. The van der Waals surface area contributed by atoms with Crippen molar-refractivity contribution >= 4 is 27.5 Å². The van der Waals surface area contributed by atoms with Crippen molar-refractivity contribution in [1.29, 1.82) is 0 Å². The van der Waals surface area contributed by atoms with Crippen LogP contribution in [0, 0.1) is 5.92 Å². The SMILES string of the molecule is CCCCCCCC(=O)N1CC(C)(CC2CCCCCC2)c2cc(Br)ccc21. The summed E-state index contributed by atoms with van der Waals surface area (Å²) in [6, 6.07) is 6.53. The third-order valence-electron chi connectivity index (χ3n) is 6.92. The molecule has 0 aromatic heterocycles. The smallest absolute Gasteiger partial charge is 0.227 e. The quantitative estimate of drug-likeness (QED) is 0.294. The van der Waals surface area contributed by atoms with Gasteiger partial charge in [0.05, 0.1) is 0 Å². The molecule has 1 aromatic carbocycles. The first kappa shape index (κ1) is 21.9. The maximum atomic E-state index is 13.1. The van der Waals surface area contributed by atoms with Gasteiger partial charge in [-0.3, -0.25) is 4.79 Å². The van der Waals surface area contributed by atoms with E-state index in [1.807, 2.05) is 0 Å². The van der Waals surface area contributed by atoms with Crippen molar-refractivity contribution in [3.8, 4) is 0 Å². The van der Waals surface area contributed by atoms with E-state index in [4.69, 9.17) is 0 Å². The molecule has 0 bridgehead atoms. The number of unbranched alkanes of at least 4 members (excludes halogenated alkanes) is 4. The first-order valence-electron chi connectivity index (χ1n) is 11.6. The van der Waals surface area contributed by atoms with Crippen LogP contribution in [0.25, 0.3) is 0 Å². The van der Waals surface area contributed by atoms with E-state index >= 15 is 0 Å². The molecule has 156 valence electrons. The van der Waals surface area contributed by atoms with Crippen LogP contribution in [0.15, 0.2) is 22.7 Å². The summed E-state index contributed by atoms with van der Waals surface area (Å²) in [6.07, 6.45) is 16.2. The molecule has 1 fully saturated rings. The molecule has 3 heteroatoms. The number of anilines is 1. The number of halogens is 1. The third-order valence-corrected chi connectivity index (χ3v) is 7.41. The fourth-order valence-corrected chi connectivity index (χ4v) is 5.72. The Morgan fingerprint density at radius 2 is 1.82 bits per heavy atom. The molecule has 1 saturated carbocycles.